The lowest BCUT2D eigenvalue weighted by Gasteiger charge is -2.11. The Labute approximate surface area is 81.1 Å². The average Bonchev–Trinajstić information content (AvgIpc) is 2.01. The summed E-state index contributed by atoms with van der Waals surface area (Å²) in [7, 11) is -4.45. The van der Waals surface area contributed by atoms with Crippen molar-refractivity contribution >= 4 is 21.7 Å². The molecule has 0 spiro atoms. The summed E-state index contributed by atoms with van der Waals surface area (Å²) in [5, 5.41) is 0.354. The summed E-state index contributed by atoms with van der Waals surface area (Å²) in [5.41, 5.74) is 5.49. The van der Waals surface area contributed by atoms with Gasteiger partial charge in [-0.3, -0.25) is 0 Å². The van der Waals surface area contributed by atoms with Gasteiger partial charge in [0.2, 0.25) is 0 Å². The van der Waals surface area contributed by atoms with Crippen molar-refractivity contribution in [3.05, 3.63) is 28.8 Å². The first-order valence-corrected chi connectivity index (χ1v) is 5.18. The van der Waals surface area contributed by atoms with Crippen LogP contribution in [-0.4, -0.2) is 13.0 Å². The van der Waals surface area contributed by atoms with Gasteiger partial charge in [-0.25, -0.2) is 8.42 Å². The van der Waals surface area contributed by atoms with Crippen molar-refractivity contribution in [1.29, 1.82) is 0 Å². The Morgan fingerprint density at radius 3 is 2.54 bits per heavy atom. The maximum Gasteiger partial charge on any atom is 0.124 e. The molecule has 1 rings (SSSR count). The summed E-state index contributed by atoms with van der Waals surface area (Å²) in [6.45, 7) is -0.0304. The second-order valence-electron chi connectivity index (χ2n) is 2.41. The Bertz CT molecular complexity index is 416. The molecule has 0 saturated heterocycles. The smallest absolute Gasteiger partial charge is 0.124 e. The first-order chi connectivity index (χ1) is 5.95. The van der Waals surface area contributed by atoms with Crippen LogP contribution in [0.15, 0.2) is 23.1 Å². The summed E-state index contributed by atoms with van der Waals surface area (Å²) in [6, 6.07) is 3.87. The normalized spacial score (nSPS) is 11.6. The van der Waals surface area contributed by atoms with Crippen LogP contribution < -0.4 is 5.73 Å². The molecular formula is C7H7ClNO3S-. The minimum absolute atomic E-state index is 0.0304. The lowest BCUT2D eigenvalue weighted by atomic mass is 10.2. The lowest BCUT2D eigenvalue weighted by molar-refractivity contribution is 0.462. The standard InChI is InChI=1S/C7H8ClNO3S/c8-6-1-2-7(13(10,11)12)5(3-6)4-9/h1-3H,4,9H2,(H,10,11,12)/p-1. The quantitative estimate of drug-likeness (QED) is 0.744. The van der Waals surface area contributed by atoms with Crippen molar-refractivity contribution < 1.29 is 13.0 Å². The number of benzene rings is 1. The van der Waals surface area contributed by atoms with Crippen molar-refractivity contribution in [2.75, 3.05) is 0 Å². The molecule has 72 valence electrons. The monoisotopic (exact) mass is 220 g/mol. The highest BCUT2D eigenvalue weighted by atomic mass is 35.5. The highest BCUT2D eigenvalue weighted by Gasteiger charge is 2.07. The van der Waals surface area contributed by atoms with Gasteiger partial charge in [0.05, 0.1) is 4.90 Å². The molecule has 0 atom stereocenters. The maximum atomic E-state index is 10.7. The van der Waals surface area contributed by atoms with Crippen molar-refractivity contribution in [3.8, 4) is 0 Å². The fourth-order valence-electron chi connectivity index (χ4n) is 0.951. The van der Waals surface area contributed by atoms with Gasteiger partial charge in [0.1, 0.15) is 10.1 Å². The van der Waals surface area contributed by atoms with E-state index < -0.39 is 10.1 Å². The summed E-state index contributed by atoms with van der Waals surface area (Å²) in [6.07, 6.45) is 0. The molecule has 4 nitrogen and oxygen atoms in total. The van der Waals surface area contributed by atoms with E-state index in [1.807, 2.05) is 0 Å². The van der Waals surface area contributed by atoms with E-state index in [1.54, 1.807) is 0 Å². The molecule has 0 aliphatic carbocycles. The molecule has 0 amide bonds. The molecule has 1 aromatic rings. The molecule has 13 heavy (non-hydrogen) atoms. The van der Waals surface area contributed by atoms with Gasteiger partial charge in [-0.05, 0) is 23.8 Å². The number of nitrogens with two attached hydrogens (primary N) is 1. The summed E-state index contributed by atoms with van der Waals surface area (Å²) >= 11 is 5.59. The molecule has 0 aromatic heterocycles. The zero-order valence-electron chi connectivity index (χ0n) is 6.53. The Morgan fingerprint density at radius 2 is 2.08 bits per heavy atom. The lowest BCUT2D eigenvalue weighted by Crippen LogP contribution is -2.07. The molecule has 6 heteroatoms. The molecule has 0 heterocycles. The number of rotatable bonds is 2. The third-order valence-electron chi connectivity index (χ3n) is 1.51. The van der Waals surface area contributed by atoms with Crippen molar-refractivity contribution in [2.24, 2.45) is 5.73 Å². The highest BCUT2D eigenvalue weighted by molar-refractivity contribution is 7.85. The largest absolute Gasteiger partial charge is 0.744 e. The molecule has 0 bridgehead atoms. The van der Waals surface area contributed by atoms with Gasteiger partial charge in [-0.2, -0.15) is 0 Å². The fraction of sp³-hybridized carbons (Fsp3) is 0.143. The molecule has 2 N–H and O–H groups in total. The number of halogens is 1. The van der Waals surface area contributed by atoms with Crippen LogP contribution in [0.3, 0.4) is 0 Å². The van der Waals surface area contributed by atoms with E-state index in [4.69, 9.17) is 17.3 Å². The van der Waals surface area contributed by atoms with E-state index in [0.29, 0.717) is 5.02 Å². The van der Waals surface area contributed by atoms with E-state index in [-0.39, 0.29) is 17.0 Å². The van der Waals surface area contributed by atoms with Crippen LogP contribution in [0.5, 0.6) is 0 Å². The van der Waals surface area contributed by atoms with Crippen LogP contribution in [0.2, 0.25) is 5.02 Å². The molecular weight excluding hydrogens is 214 g/mol. The highest BCUT2D eigenvalue weighted by Crippen LogP contribution is 2.19. The van der Waals surface area contributed by atoms with Crippen LogP contribution in [0.25, 0.3) is 0 Å². The third-order valence-corrected chi connectivity index (χ3v) is 2.68. The molecule has 1 aromatic carbocycles. The van der Waals surface area contributed by atoms with Gasteiger partial charge in [-0.15, -0.1) is 0 Å². The third kappa shape index (κ3) is 2.41. The Balaban J connectivity index is 3.39. The fourth-order valence-corrected chi connectivity index (χ4v) is 1.84. The Kier molecular flexibility index (Phi) is 2.92. The van der Waals surface area contributed by atoms with Crippen LogP contribution >= 0.6 is 11.6 Å². The van der Waals surface area contributed by atoms with Gasteiger partial charge in [0, 0.05) is 11.6 Å². The Hall–Kier alpha value is -0.620. The van der Waals surface area contributed by atoms with Crippen LogP contribution in [-0.2, 0) is 16.7 Å². The van der Waals surface area contributed by atoms with E-state index in [0.717, 1.165) is 6.07 Å². The van der Waals surface area contributed by atoms with Gasteiger partial charge in [0.25, 0.3) is 0 Å². The van der Waals surface area contributed by atoms with Gasteiger partial charge >= 0.3 is 0 Å². The minimum atomic E-state index is -4.45. The van der Waals surface area contributed by atoms with Crippen LogP contribution in [0.4, 0.5) is 0 Å². The summed E-state index contributed by atoms with van der Waals surface area (Å²) in [4.78, 5) is -0.306. The predicted molar refractivity (Wildman–Crippen MR) is 47.3 cm³/mol. The number of hydrogen-bond acceptors (Lipinski definition) is 4. The van der Waals surface area contributed by atoms with E-state index in [2.05, 4.69) is 0 Å². The molecule has 0 fully saturated rings. The molecule has 0 aliphatic rings. The molecule has 0 aliphatic heterocycles. The van der Waals surface area contributed by atoms with Gasteiger partial charge in [0.15, 0.2) is 0 Å². The van der Waals surface area contributed by atoms with Crippen molar-refractivity contribution in [1.82, 2.24) is 0 Å². The summed E-state index contributed by atoms with van der Waals surface area (Å²) < 4.78 is 32.0. The Morgan fingerprint density at radius 1 is 1.46 bits per heavy atom. The van der Waals surface area contributed by atoms with Crippen LogP contribution in [0, 0.1) is 0 Å². The molecule has 0 saturated carbocycles. The summed E-state index contributed by atoms with van der Waals surface area (Å²) in [5.74, 6) is 0. The van der Waals surface area contributed by atoms with E-state index in [9.17, 15) is 13.0 Å². The maximum absolute atomic E-state index is 10.7. The molecule has 0 unspecified atom stereocenters. The van der Waals surface area contributed by atoms with Gasteiger partial charge < -0.3 is 10.3 Å². The van der Waals surface area contributed by atoms with Gasteiger partial charge in [-0.1, -0.05) is 11.6 Å². The van der Waals surface area contributed by atoms with E-state index >= 15 is 0 Å². The first kappa shape index (κ1) is 10.5. The van der Waals surface area contributed by atoms with Crippen LogP contribution in [0.1, 0.15) is 5.56 Å². The van der Waals surface area contributed by atoms with E-state index in [1.165, 1.54) is 12.1 Å². The molecule has 0 radical (unpaired) electrons. The number of hydrogen-bond donors (Lipinski definition) is 1. The van der Waals surface area contributed by atoms with Crippen molar-refractivity contribution in [2.45, 2.75) is 11.4 Å². The minimum Gasteiger partial charge on any atom is -0.744 e. The second kappa shape index (κ2) is 3.63. The average molecular weight is 221 g/mol. The SMILES string of the molecule is NCc1cc(Cl)ccc1S(=O)(=O)[O-]. The second-order valence-corrected chi connectivity index (χ2v) is 4.19. The van der Waals surface area contributed by atoms with Crippen molar-refractivity contribution in [3.63, 3.8) is 0 Å². The topological polar surface area (TPSA) is 83.2 Å². The first-order valence-electron chi connectivity index (χ1n) is 3.39. The zero-order valence-corrected chi connectivity index (χ0v) is 8.10. The predicted octanol–water partition coefficient (Wildman–Crippen LogP) is 0.703. The zero-order chi connectivity index (χ0) is 10.1.